The van der Waals surface area contributed by atoms with Crippen LogP contribution in [0, 0.1) is 0 Å². The van der Waals surface area contributed by atoms with Crippen molar-refractivity contribution < 1.29 is 9.59 Å². The quantitative estimate of drug-likeness (QED) is 0.580. The summed E-state index contributed by atoms with van der Waals surface area (Å²) in [6.45, 7) is 2.08. The SMILES string of the molecule is CCc1ccc(/C=C2\NC(=O)NC2=O)cc1. The number of rotatable bonds is 2. The molecule has 82 valence electrons. The summed E-state index contributed by atoms with van der Waals surface area (Å²) in [5.41, 5.74) is 2.42. The first kappa shape index (κ1) is 10.4. The molecule has 0 spiro atoms. The van der Waals surface area contributed by atoms with Crippen LogP contribution in [0.25, 0.3) is 6.08 Å². The molecule has 1 heterocycles. The van der Waals surface area contributed by atoms with E-state index < -0.39 is 6.03 Å². The van der Waals surface area contributed by atoms with E-state index in [-0.39, 0.29) is 11.6 Å². The topological polar surface area (TPSA) is 58.2 Å². The van der Waals surface area contributed by atoms with Crippen molar-refractivity contribution >= 4 is 18.0 Å². The highest BCUT2D eigenvalue weighted by atomic mass is 16.2. The zero-order valence-electron chi connectivity index (χ0n) is 8.91. The molecule has 0 aliphatic carbocycles. The molecule has 1 fully saturated rings. The highest BCUT2D eigenvalue weighted by Crippen LogP contribution is 2.10. The summed E-state index contributed by atoms with van der Waals surface area (Å²) in [6.07, 6.45) is 2.63. The van der Waals surface area contributed by atoms with Crippen LogP contribution in [0.1, 0.15) is 18.1 Å². The van der Waals surface area contributed by atoms with E-state index in [1.165, 1.54) is 5.56 Å². The summed E-state index contributed by atoms with van der Waals surface area (Å²) >= 11 is 0. The first-order valence-electron chi connectivity index (χ1n) is 5.12. The minimum Gasteiger partial charge on any atom is -0.303 e. The van der Waals surface area contributed by atoms with Gasteiger partial charge in [0.25, 0.3) is 5.91 Å². The van der Waals surface area contributed by atoms with Crippen LogP contribution in [0.2, 0.25) is 0 Å². The van der Waals surface area contributed by atoms with Gasteiger partial charge in [-0.1, -0.05) is 31.2 Å². The molecule has 1 aliphatic heterocycles. The lowest BCUT2D eigenvalue weighted by molar-refractivity contribution is -0.115. The normalized spacial score (nSPS) is 17.4. The number of urea groups is 1. The summed E-state index contributed by atoms with van der Waals surface area (Å²) in [5, 5.41) is 4.59. The molecule has 1 aromatic carbocycles. The molecule has 0 aromatic heterocycles. The van der Waals surface area contributed by atoms with Gasteiger partial charge in [0.05, 0.1) is 0 Å². The molecule has 1 aliphatic rings. The van der Waals surface area contributed by atoms with Gasteiger partial charge < -0.3 is 5.32 Å². The fourth-order valence-electron chi connectivity index (χ4n) is 1.50. The van der Waals surface area contributed by atoms with E-state index in [0.717, 1.165) is 12.0 Å². The van der Waals surface area contributed by atoms with Gasteiger partial charge in [0.1, 0.15) is 5.70 Å². The van der Waals surface area contributed by atoms with Crippen LogP contribution in [0.4, 0.5) is 4.79 Å². The second-order valence-electron chi connectivity index (χ2n) is 3.56. The first-order valence-corrected chi connectivity index (χ1v) is 5.12. The maximum Gasteiger partial charge on any atom is 0.326 e. The second-order valence-corrected chi connectivity index (χ2v) is 3.56. The summed E-state index contributed by atoms with van der Waals surface area (Å²) in [4.78, 5) is 22.1. The van der Waals surface area contributed by atoms with Crippen molar-refractivity contribution in [1.29, 1.82) is 0 Å². The molecule has 1 aromatic rings. The van der Waals surface area contributed by atoms with Crippen LogP contribution in [-0.4, -0.2) is 11.9 Å². The molecule has 2 rings (SSSR count). The Hall–Kier alpha value is -2.10. The smallest absolute Gasteiger partial charge is 0.303 e. The van der Waals surface area contributed by atoms with E-state index in [9.17, 15) is 9.59 Å². The number of nitrogens with one attached hydrogen (secondary N) is 2. The lowest BCUT2D eigenvalue weighted by Gasteiger charge is -1.98. The fraction of sp³-hybridized carbons (Fsp3) is 0.167. The van der Waals surface area contributed by atoms with Crippen molar-refractivity contribution in [3.63, 3.8) is 0 Å². The molecular formula is C12H12N2O2. The Morgan fingerprint density at radius 1 is 1.12 bits per heavy atom. The summed E-state index contributed by atoms with van der Waals surface area (Å²) in [5.74, 6) is -0.385. The van der Waals surface area contributed by atoms with Gasteiger partial charge in [-0.3, -0.25) is 10.1 Å². The molecule has 0 unspecified atom stereocenters. The molecule has 4 heteroatoms. The predicted molar refractivity (Wildman–Crippen MR) is 60.5 cm³/mol. The lowest BCUT2D eigenvalue weighted by atomic mass is 10.1. The van der Waals surface area contributed by atoms with Crippen molar-refractivity contribution in [2.75, 3.05) is 0 Å². The van der Waals surface area contributed by atoms with Gasteiger partial charge >= 0.3 is 6.03 Å². The molecule has 1 saturated heterocycles. The van der Waals surface area contributed by atoms with Crippen molar-refractivity contribution in [3.8, 4) is 0 Å². The zero-order valence-corrected chi connectivity index (χ0v) is 8.91. The maximum absolute atomic E-state index is 11.2. The van der Waals surface area contributed by atoms with Crippen molar-refractivity contribution in [2.45, 2.75) is 13.3 Å². The Bertz CT molecular complexity index is 460. The third-order valence-corrected chi connectivity index (χ3v) is 2.42. The third-order valence-electron chi connectivity index (χ3n) is 2.42. The maximum atomic E-state index is 11.2. The van der Waals surface area contributed by atoms with E-state index in [2.05, 4.69) is 17.6 Å². The molecular weight excluding hydrogens is 204 g/mol. The van der Waals surface area contributed by atoms with Crippen molar-refractivity contribution in [3.05, 3.63) is 41.1 Å². The minimum absolute atomic E-state index is 0.286. The Morgan fingerprint density at radius 3 is 2.31 bits per heavy atom. The van der Waals surface area contributed by atoms with Gasteiger partial charge in [0.15, 0.2) is 0 Å². The summed E-state index contributed by atoms with van der Waals surface area (Å²) < 4.78 is 0. The molecule has 0 bridgehead atoms. The Balaban J connectivity index is 2.22. The van der Waals surface area contributed by atoms with Gasteiger partial charge in [0, 0.05) is 0 Å². The molecule has 0 saturated carbocycles. The van der Waals surface area contributed by atoms with E-state index in [1.807, 2.05) is 24.3 Å². The molecule has 4 nitrogen and oxygen atoms in total. The monoisotopic (exact) mass is 216 g/mol. The molecule has 2 N–H and O–H groups in total. The van der Waals surface area contributed by atoms with E-state index in [4.69, 9.17) is 0 Å². The first-order chi connectivity index (χ1) is 7.69. The lowest BCUT2D eigenvalue weighted by Crippen LogP contribution is -2.22. The van der Waals surface area contributed by atoms with Gasteiger partial charge in [-0.05, 0) is 23.6 Å². The number of aryl methyl sites for hydroxylation is 1. The third kappa shape index (κ3) is 2.11. The summed E-state index contributed by atoms with van der Waals surface area (Å²) in [6, 6.07) is 7.37. The Morgan fingerprint density at radius 2 is 1.81 bits per heavy atom. The van der Waals surface area contributed by atoms with Crippen LogP contribution in [0.5, 0.6) is 0 Å². The summed E-state index contributed by atoms with van der Waals surface area (Å²) in [7, 11) is 0. The van der Waals surface area contributed by atoms with Crippen LogP contribution in [0.3, 0.4) is 0 Å². The van der Waals surface area contributed by atoms with Crippen LogP contribution in [-0.2, 0) is 11.2 Å². The highest BCUT2D eigenvalue weighted by Gasteiger charge is 2.22. The Kier molecular flexibility index (Phi) is 2.72. The van der Waals surface area contributed by atoms with E-state index in [1.54, 1.807) is 6.08 Å². The van der Waals surface area contributed by atoms with E-state index >= 15 is 0 Å². The number of hydrogen-bond acceptors (Lipinski definition) is 2. The number of benzene rings is 1. The number of imide groups is 1. The van der Waals surface area contributed by atoms with Crippen molar-refractivity contribution in [2.24, 2.45) is 0 Å². The van der Waals surface area contributed by atoms with Crippen LogP contribution >= 0.6 is 0 Å². The van der Waals surface area contributed by atoms with Crippen LogP contribution < -0.4 is 10.6 Å². The number of carbonyl (C=O) groups is 2. The van der Waals surface area contributed by atoms with Gasteiger partial charge in [-0.15, -0.1) is 0 Å². The molecule has 3 amide bonds. The predicted octanol–water partition coefficient (Wildman–Crippen LogP) is 1.43. The molecule has 0 radical (unpaired) electrons. The minimum atomic E-state index is -0.471. The average molecular weight is 216 g/mol. The zero-order chi connectivity index (χ0) is 11.5. The second kappa shape index (κ2) is 4.18. The number of amides is 3. The van der Waals surface area contributed by atoms with Gasteiger partial charge in [-0.25, -0.2) is 4.79 Å². The number of carbonyl (C=O) groups excluding carboxylic acids is 2. The molecule has 16 heavy (non-hydrogen) atoms. The average Bonchev–Trinajstić information content (AvgIpc) is 2.59. The standard InChI is InChI=1S/C12H12N2O2/c1-2-8-3-5-9(6-4-8)7-10-11(15)14-12(16)13-10/h3-7H,2H2,1H3,(H2,13,14,15,16)/b10-7-. The number of hydrogen-bond donors (Lipinski definition) is 2. The molecule has 0 atom stereocenters. The van der Waals surface area contributed by atoms with Gasteiger partial charge in [0.2, 0.25) is 0 Å². The van der Waals surface area contributed by atoms with Gasteiger partial charge in [-0.2, -0.15) is 0 Å². The van der Waals surface area contributed by atoms with E-state index in [0.29, 0.717) is 0 Å². The highest BCUT2D eigenvalue weighted by molar-refractivity contribution is 6.13. The van der Waals surface area contributed by atoms with Crippen LogP contribution in [0.15, 0.2) is 30.0 Å². The van der Waals surface area contributed by atoms with Crippen molar-refractivity contribution in [1.82, 2.24) is 10.6 Å². The Labute approximate surface area is 93.3 Å². The fourth-order valence-corrected chi connectivity index (χ4v) is 1.50. The largest absolute Gasteiger partial charge is 0.326 e.